The Kier molecular flexibility index (Phi) is 7.15. The van der Waals surface area contributed by atoms with Gasteiger partial charge in [-0.3, -0.25) is 14.4 Å². The van der Waals surface area contributed by atoms with Crippen LogP contribution in [0, 0.1) is 11.8 Å². The maximum atomic E-state index is 13.3. The van der Waals surface area contributed by atoms with E-state index in [1.54, 1.807) is 26.0 Å². The Bertz CT molecular complexity index is 1580. The number of hydrogen-bond donors (Lipinski definition) is 1. The lowest BCUT2D eigenvalue weighted by molar-refractivity contribution is -0.244. The number of ether oxygens (including phenoxy) is 2. The highest BCUT2D eigenvalue weighted by Gasteiger charge is 2.54. The number of esters is 2. The highest BCUT2D eigenvalue weighted by molar-refractivity contribution is 5.98. The first-order chi connectivity index (χ1) is 20.2. The van der Waals surface area contributed by atoms with Crippen molar-refractivity contribution in [3.63, 3.8) is 0 Å². The van der Waals surface area contributed by atoms with Crippen LogP contribution in [0.5, 0.6) is 5.75 Å². The normalized spacial score (nSPS) is 22.3. The molecule has 3 atom stereocenters. The standard InChI is InChI=1S/C36H32O6/c1-36(2)41-34(39)33(35(40)42-36)32-30(26-6-4-3-5-7-26)20-29(38)21-31(32)27-14-12-24(13-15-27)22-8-10-23(11-9-22)25-16-18-28(37)19-17-25/h3-19,30-33,37H,20-21H2,1-2H3/t30-,31+,32?/m0/s1. The van der Waals surface area contributed by atoms with E-state index in [4.69, 9.17) is 9.47 Å². The van der Waals surface area contributed by atoms with Crippen molar-refractivity contribution in [1.29, 1.82) is 0 Å². The lowest BCUT2D eigenvalue weighted by Crippen LogP contribution is -2.52. The summed E-state index contributed by atoms with van der Waals surface area (Å²) in [7, 11) is 0. The minimum Gasteiger partial charge on any atom is -0.508 e. The second kappa shape index (κ2) is 10.9. The maximum Gasteiger partial charge on any atom is 0.323 e. The Balaban J connectivity index is 1.33. The van der Waals surface area contributed by atoms with Crippen molar-refractivity contribution >= 4 is 17.7 Å². The summed E-state index contributed by atoms with van der Waals surface area (Å²) in [5.74, 6) is -4.55. The summed E-state index contributed by atoms with van der Waals surface area (Å²) in [6, 6.07) is 32.9. The van der Waals surface area contributed by atoms with Crippen LogP contribution in [0.4, 0.5) is 0 Å². The molecule has 1 unspecified atom stereocenters. The molecule has 0 radical (unpaired) electrons. The predicted octanol–water partition coefficient (Wildman–Crippen LogP) is 7.03. The molecule has 6 nitrogen and oxygen atoms in total. The Hall–Kier alpha value is -4.71. The monoisotopic (exact) mass is 560 g/mol. The van der Waals surface area contributed by atoms with E-state index in [1.165, 1.54) is 0 Å². The molecule has 0 bridgehead atoms. The molecule has 0 spiro atoms. The molecule has 1 aliphatic carbocycles. The minimum absolute atomic E-state index is 0.0943. The van der Waals surface area contributed by atoms with E-state index in [-0.39, 0.29) is 36.2 Å². The molecular weight excluding hydrogens is 528 g/mol. The van der Waals surface area contributed by atoms with Crippen LogP contribution < -0.4 is 0 Å². The molecule has 0 aromatic heterocycles. The third kappa shape index (κ3) is 5.45. The highest BCUT2D eigenvalue weighted by atomic mass is 16.7. The van der Waals surface area contributed by atoms with Gasteiger partial charge < -0.3 is 14.6 Å². The van der Waals surface area contributed by atoms with E-state index in [9.17, 15) is 19.5 Å². The van der Waals surface area contributed by atoms with E-state index in [1.807, 2.05) is 91.0 Å². The Morgan fingerprint density at radius 3 is 1.48 bits per heavy atom. The molecule has 1 aliphatic heterocycles. The Labute approximate surface area is 244 Å². The van der Waals surface area contributed by atoms with Crippen molar-refractivity contribution in [2.24, 2.45) is 11.8 Å². The molecule has 0 amide bonds. The first kappa shape index (κ1) is 27.5. The number of carbonyl (C=O) groups is 3. The van der Waals surface area contributed by atoms with Crippen molar-refractivity contribution < 1.29 is 29.0 Å². The number of cyclic esters (lactones) is 2. The van der Waals surface area contributed by atoms with Crippen LogP contribution in [-0.2, 0) is 23.9 Å². The second-order valence-electron chi connectivity index (χ2n) is 11.6. The summed E-state index contributed by atoms with van der Waals surface area (Å²) >= 11 is 0. The molecule has 6 heteroatoms. The summed E-state index contributed by atoms with van der Waals surface area (Å²) < 4.78 is 11.1. The zero-order chi connectivity index (χ0) is 29.4. The zero-order valence-corrected chi connectivity index (χ0v) is 23.5. The van der Waals surface area contributed by atoms with Gasteiger partial charge in [-0.1, -0.05) is 91.0 Å². The third-order valence-corrected chi connectivity index (χ3v) is 8.40. The summed E-state index contributed by atoms with van der Waals surface area (Å²) in [4.78, 5) is 39.8. The van der Waals surface area contributed by atoms with E-state index in [2.05, 4.69) is 0 Å². The number of aromatic hydroxyl groups is 1. The molecule has 42 heavy (non-hydrogen) atoms. The smallest absolute Gasteiger partial charge is 0.323 e. The van der Waals surface area contributed by atoms with Crippen LogP contribution in [0.25, 0.3) is 22.3 Å². The molecular formula is C36H32O6. The van der Waals surface area contributed by atoms with Gasteiger partial charge in [-0.15, -0.1) is 0 Å². The zero-order valence-electron chi connectivity index (χ0n) is 23.5. The number of phenolic OH excluding ortho intramolecular Hbond substituents is 1. The molecule has 1 N–H and O–H groups in total. The third-order valence-electron chi connectivity index (χ3n) is 8.40. The molecule has 1 heterocycles. The first-order valence-electron chi connectivity index (χ1n) is 14.2. The molecule has 2 aliphatic rings. The van der Waals surface area contributed by atoms with Gasteiger partial charge in [0.25, 0.3) is 5.79 Å². The SMILES string of the molecule is CC1(C)OC(=O)C(C2[C@@H](c3ccc(-c4ccc(-c5ccc(O)cc5)cc4)cc3)CC(=O)C[C@H]2c2ccccc2)C(=O)O1. The number of benzene rings is 4. The highest BCUT2D eigenvalue weighted by Crippen LogP contribution is 2.50. The average Bonchev–Trinajstić information content (AvgIpc) is 2.98. The average molecular weight is 561 g/mol. The van der Waals surface area contributed by atoms with Gasteiger partial charge in [-0.05, 0) is 63.3 Å². The van der Waals surface area contributed by atoms with Crippen molar-refractivity contribution in [2.75, 3.05) is 0 Å². The molecule has 6 rings (SSSR count). The fraction of sp³-hybridized carbons (Fsp3) is 0.250. The van der Waals surface area contributed by atoms with Gasteiger partial charge in [0.1, 0.15) is 11.5 Å². The first-order valence-corrected chi connectivity index (χ1v) is 14.2. The van der Waals surface area contributed by atoms with E-state index < -0.39 is 29.6 Å². The van der Waals surface area contributed by atoms with E-state index in [0.717, 1.165) is 33.4 Å². The quantitative estimate of drug-likeness (QED) is 0.208. The summed E-state index contributed by atoms with van der Waals surface area (Å²) in [6.07, 6.45) is 0.478. The summed E-state index contributed by atoms with van der Waals surface area (Å²) in [5, 5.41) is 9.57. The molecule has 1 saturated carbocycles. The fourth-order valence-corrected chi connectivity index (χ4v) is 6.45. The van der Waals surface area contributed by atoms with Crippen molar-refractivity contribution in [3.05, 3.63) is 114 Å². The van der Waals surface area contributed by atoms with Gasteiger partial charge in [-0.25, -0.2) is 0 Å². The lowest BCUT2D eigenvalue weighted by Gasteiger charge is -2.44. The van der Waals surface area contributed by atoms with E-state index in [0.29, 0.717) is 0 Å². The maximum absolute atomic E-state index is 13.3. The van der Waals surface area contributed by atoms with Gasteiger partial charge in [0, 0.05) is 26.7 Å². The van der Waals surface area contributed by atoms with Crippen LogP contribution in [-0.4, -0.2) is 28.6 Å². The topological polar surface area (TPSA) is 89.9 Å². The van der Waals surface area contributed by atoms with Crippen LogP contribution in [0.3, 0.4) is 0 Å². The van der Waals surface area contributed by atoms with Gasteiger partial charge >= 0.3 is 11.9 Å². The van der Waals surface area contributed by atoms with Crippen LogP contribution >= 0.6 is 0 Å². The predicted molar refractivity (Wildman–Crippen MR) is 158 cm³/mol. The second-order valence-corrected chi connectivity index (χ2v) is 11.6. The molecule has 4 aromatic rings. The molecule has 1 saturated heterocycles. The lowest BCUT2D eigenvalue weighted by atomic mass is 9.62. The Morgan fingerprint density at radius 2 is 1.00 bits per heavy atom. The Morgan fingerprint density at radius 1 is 0.595 bits per heavy atom. The largest absolute Gasteiger partial charge is 0.508 e. The fourth-order valence-electron chi connectivity index (χ4n) is 6.45. The number of carbonyl (C=O) groups excluding carboxylic acids is 3. The summed E-state index contributed by atoms with van der Waals surface area (Å²) in [6.45, 7) is 3.09. The molecule has 2 fully saturated rings. The van der Waals surface area contributed by atoms with Crippen molar-refractivity contribution in [3.8, 4) is 28.0 Å². The van der Waals surface area contributed by atoms with Gasteiger partial charge in [0.15, 0.2) is 5.92 Å². The van der Waals surface area contributed by atoms with Crippen molar-refractivity contribution in [2.45, 2.75) is 44.3 Å². The summed E-state index contributed by atoms with van der Waals surface area (Å²) in [5.41, 5.74) is 5.90. The van der Waals surface area contributed by atoms with E-state index >= 15 is 0 Å². The van der Waals surface area contributed by atoms with Gasteiger partial charge in [0.2, 0.25) is 0 Å². The van der Waals surface area contributed by atoms with Crippen LogP contribution in [0.1, 0.15) is 49.7 Å². The number of hydrogen-bond acceptors (Lipinski definition) is 6. The number of phenols is 1. The number of ketones is 1. The van der Waals surface area contributed by atoms with Gasteiger partial charge in [-0.2, -0.15) is 0 Å². The molecule has 4 aromatic carbocycles. The van der Waals surface area contributed by atoms with Crippen molar-refractivity contribution in [1.82, 2.24) is 0 Å². The molecule has 212 valence electrons. The van der Waals surface area contributed by atoms with Gasteiger partial charge in [0.05, 0.1) is 0 Å². The number of rotatable bonds is 5. The van der Waals surface area contributed by atoms with Crippen LogP contribution in [0.15, 0.2) is 103 Å². The van der Waals surface area contributed by atoms with Crippen LogP contribution in [0.2, 0.25) is 0 Å². The number of Topliss-reactive ketones (excluding diaryl/α,β-unsaturated/α-hetero) is 1. The minimum atomic E-state index is -1.33.